The number of likely N-dealkylation sites (N-methyl/N-ethyl adjacent to an activating group) is 1. The predicted octanol–water partition coefficient (Wildman–Crippen LogP) is 2.61. The Morgan fingerprint density at radius 1 is 1.13 bits per heavy atom. The van der Waals surface area contributed by atoms with Crippen LogP contribution in [0.2, 0.25) is 0 Å². The molecule has 0 radical (unpaired) electrons. The van der Waals surface area contributed by atoms with Crippen LogP contribution in [0.25, 0.3) is 0 Å². The summed E-state index contributed by atoms with van der Waals surface area (Å²) in [4.78, 5) is 5.21. The van der Waals surface area contributed by atoms with E-state index < -0.39 is 0 Å². The molecular formula is C19H34N4. The summed E-state index contributed by atoms with van der Waals surface area (Å²) in [5.74, 6) is 0.591. The molecule has 1 saturated carbocycles. The van der Waals surface area contributed by atoms with Gasteiger partial charge in [0.05, 0.1) is 6.07 Å². The number of hydrogen-bond acceptors (Lipinski definition) is 4. The van der Waals surface area contributed by atoms with Crippen LogP contribution in [0, 0.1) is 17.2 Å². The lowest BCUT2D eigenvalue weighted by molar-refractivity contribution is 0.0709. The molecule has 0 amide bonds. The first kappa shape index (κ1) is 17.2. The SMILES string of the molecule is CN1CCC(C)(N2CCC(N[C@H]3CCCC[C@@H]3CC#N)CC2)C1. The van der Waals surface area contributed by atoms with E-state index >= 15 is 0 Å². The smallest absolute Gasteiger partial charge is 0.0625 e. The van der Waals surface area contributed by atoms with Crippen molar-refractivity contribution in [2.24, 2.45) is 5.92 Å². The summed E-state index contributed by atoms with van der Waals surface area (Å²) in [5, 5.41) is 13.0. The molecule has 4 heteroatoms. The van der Waals surface area contributed by atoms with Crippen LogP contribution < -0.4 is 5.32 Å². The number of nitrogens with one attached hydrogen (secondary N) is 1. The van der Waals surface area contributed by atoms with E-state index in [-0.39, 0.29) is 0 Å². The zero-order chi connectivity index (χ0) is 16.3. The first-order chi connectivity index (χ1) is 11.1. The number of piperidine rings is 1. The van der Waals surface area contributed by atoms with Crippen LogP contribution in [-0.2, 0) is 0 Å². The molecule has 0 spiro atoms. The van der Waals surface area contributed by atoms with Gasteiger partial charge in [-0.3, -0.25) is 4.90 Å². The van der Waals surface area contributed by atoms with Crippen LogP contribution in [0.5, 0.6) is 0 Å². The van der Waals surface area contributed by atoms with E-state index in [1.165, 1.54) is 71.1 Å². The molecule has 3 fully saturated rings. The molecule has 2 heterocycles. The molecule has 0 bridgehead atoms. The Kier molecular flexibility index (Phi) is 5.61. The molecule has 23 heavy (non-hydrogen) atoms. The maximum absolute atomic E-state index is 9.06. The summed E-state index contributed by atoms with van der Waals surface area (Å²) < 4.78 is 0. The molecule has 4 nitrogen and oxygen atoms in total. The van der Waals surface area contributed by atoms with Crippen molar-refractivity contribution in [2.45, 2.75) is 75.9 Å². The summed E-state index contributed by atoms with van der Waals surface area (Å²) in [6.45, 7) is 7.38. The quantitative estimate of drug-likeness (QED) is 0.865. The highest BCUT2D eigenvalue weighted by molar-refractivity contribution is 4.97. The van der Waals surface area contributed by atoms with Crippen molar-refractivity contribution < 1.29 is 0 Å². The minimum absolute atomic E-state index is 0.397. The van der Waals surface area contributed by atoms with E-state index in [4.69, 9.17) is 5.26 Å². The Labute approximate surface area is 142 Å². The highest BCUT2D eigenvalue weighted by atomic mass is 15.3. The third kappa shape index (κ3) is 4.07. The fourth-order valence-corrected chi connectivity index (χ4v) is 5.11. The second-order valence-corrected chi connectivity index (χ2v) is 8.43. The lowest BCUT2D eigenvalue weighted by atomic mass is 9.82. The van der Waals surface area contributed by atoms with E-state index in [9.17, 15) is 0 Å². The van der Waals surface area contributed by atoms with Gasteiger partial charge in [-0.25, -0.2) is 0 Å². The molecule has 3 atom stereocenters. The molecule has 1 unspecified atom stereocenters. The van der Waals surface area contributed by atoms with Gasteiger partial charge < -0.3 is 10.2 Å². The maximum atomic E-state index is 9.06. The molecule has 130 valence electrons. The lowest BCUT2D eigenvalue weighted by Gasteiger charge is -2.44. The van der Waals surface area contributed by atoms with Crippen LogP contribution in [0.1, 0.15) is 58.3 Å². The van der Waals surface area contributed by atoms with E-state index in [1.54, 1.807) is 0 Å². The topological polar surface area (TPSA) is 42.3 Å². The third-order valence-electron chi connectivity index (χ3n) is 6.61. The molecule has 1 N–H and O–H groups in total. The Balaban J connectivity index is 1.48. The van der Waals surface area contributed by atoms with Crippen molar-refractivity contribution >= 4 is 0 Å². The summed E-state index contributed by atoms with van der Waals surface area (Å²) in [6.07, 6.45) is 9.76. The highest BCUT2D eigenvalue weighted by Gasteiger charge is 2.39. The summed E-state index contributed by atoms with van der Waals surface area (Å²) in [6, 6.07) is 3.66. The van der Waals surface area contributed by atoms with Crippen LogP contribution >= 0.6 is 0 Å². The first-order valence-corrected chi connectivity index (χ1v) is 9.67. The molecule has 2 saturated heterocycles. The normalized spacial score (nSPS) is 37.8. The maximum Gasteiger partial charge on any atom is 0.0625 e. The zero-order valence-corrected chi connectivity index (χ0v) is 15.1. The zero-order valence-electron chi connectivity index (χ0n) is 15.1. The third-order valence-corrected chi connectivity index (χ3v) is 6.61. The van der Waals surface area contributed by atoms with Gasteiger partial charge in [0.25, 0.3) is 0 Å². The van der Waals surface area contributed by atoms with Crippen LogP contribution in [0.15, 0.2) is 0 Å². The Morgan fingerprint density at radius 2 is 1.87 bits per heavy atom. The van der Waals surface area contributed by atoms with Gasteiger partial charge in [-0.1, -0.05) is 12.8 Å². The van der Waals surface area contributed by atoms with Gasteiger partial charge in [0.15, 0.2) is 0 Å². The number of rotatable bonds is 4. The minimum atomic E-state index is 0.397. The monoisotopic (exact) mass is 318 g/mol. The average molecular weight is 319 g/mol. The van der Waals surface area contributed by atoms with Crippen molar-refractivity contribution in [3.8, 4) is 6.07 Å². The van der Waals surface area contributed by atoms with E-state index in [2.05, 4.69) is 35.2 Å². The van der Waals surface area contributed by atoms with Gasteiger partial charge in [-0.15, -0.1) is 0 Å². The number of nitriles is 1. The van der Waals surface area contributed by atoms with E-state index in [1.807, 2.05) is 0 Å². The first-order valence-electron chi connectivity index (χ1n) is 9.67. The molecule has 2 aliphatic heterocycles. The van der Waals surface area contributed by atoms with Gasteiger partial charge in [0.2, 0.25) is 0 Å². The van der Waals surface area contributed by atoms with Crippen molar-refractivity contribution in [1.82, 2.24) is 15.1 Å². The van der Waals surface area contributed by atoms with Gasteiger partial charge in [0.1, 0.15) is 0 Å². The van der Waals surface area contributed by atoms with E-state index in [0.29, 0.717) is 23.5 Å². The Bertz CT molecular complexity index is 424. The second kappa shape index (κ2) is 7.51. The molecule has 1 aliphatic carbocycles. The molecular weight excluding hydrogens is 284 g/mol. The van der Waals surface area contributed by atoms with Crippen molar-refractivity contribution in [1.29, 1.82) is 5.26 Å². The number of likely N-dealkylation sites (tertiary alicyclic amines) is 2. The predicted molar refractivity (Wildman–Crippen MR) is 94.2 cm³/mol. The number of hydrogen-bond donors (Lipinski definition) is 1. The lowest BCUT2D eigenvalue weighted by Crippen LogP contribution is -2.55. The fourth-order valence-electron chi connectivity index (χ4n) is 5.11. The number of nitrogens with zero attached hydrogens (tertiary/aromatic N) is 3. The summed E-state index contributed by atoms with van der Waals surface area (Å²) in [7, 11) is 2.25. The molecule has 0 aromatic rings. The average Bonchev–Trinajstić information content (AvgIpc) is 2.91. The van der Waals surface area contributed by atoms with Gasteiger partial charge in [0, 0.05) is 43.7 Å². The second-order valence-electron chi connectivity index (χ2n) is 8.43. The summed E-state index contributed by atoms with van der Waals surface area (Å²) in [5.41, 5.74) is 0.397. The summed E-state index contributed by atoms with van der Waals surface area (Å²) >= 11 is 0. The van der Waals surface area contributed by atoms with E-state index in [0.717, 1.165) is 6.42 Å². The largest absolute Gasteiger partial charge is 0.311 e. The Hall–Kier alpha value is -0.630. The molecule has 3 aliphatic rings. The minimum Gasteiger partial charge on any atom is -0.311 e. The van der Waals surface area contributed by atoms with Crippen LogP contribution in [0.3, 0.4) is 0 Å². The van der Waals surface area contributed by atoms with Crippen molar-refractivity contribution in [3.05, 3.63) is 0 Å². The van der Waals surface area contributed by atoms with Crippen molar-refractivity contribution in [2.75, 3.05) is 33.2 Å². The molecule has 3 rings (SSSR count). The van der Waals surface area contributed by atoms with Gasteiger partial charge >= 0.3 is 0 Å². The Morgan fingerprint density at radius 3 is 2.52 bits per heavy atom. The standard InChI is InChI=1S/C19H34N4/c1-19(10-14-22(2)15-19)23-12-8-17(9-13-23)21-18-6-4-3-5-16(18)7-11-20/h16-18,21H,3-10,12-15H2,1-2H3/t16-,18+,19?/m1/s1. The van der Waals surface area contributed by atoms with Gasteiger partial charge in [-0.05, 0) is 58.5 Å². The van der Waals surface area contributed by atoms with Crippen LogP contribution in [0.4, 0.5) is 0 Å². The fraction of sp³-hybridized carbons (Fsp3) is 0.947. The van der Waals surface area contributed by atoms with Gasteiger partial charge in [-0.2, -0.15) is 5.26 Å². The highest BCUT2D eigenvalue weighted by Crippen LogP contribution is 2.31. The van der Waals surface area contributed by atoms with Crippen molar-refractivity contribution in [3.63, 3.8) is 0 Å². The molecule has 0 aromatic heterocycles. The molecule has 0 aromatic carbocycles. The van der Waals surface area contributed by atoms with Crippen LogP contribution in [-0.4, -0.2) is 60.6 Å².